The molecule has 0 bridgehead atoms. The molecule has 1 aliphatic rings. The lowest BCUT2D eigenvalue weighted by atomic mass is 10.2. The lowest BCUT2D eigenvalue weighted by Gasteiger charge is -2.17. The molecule has 0 heterocycles. The molecule has 1 amide bonds. The van der Waals surface area contributed by atoms with Crippen LogP contribution in [0.1, 0.15) is 26.2 Å². The van der Waals surface area contributed by atoms with Crippen LogP contribution in [0.25, 0.3) is 0 Å². The predicted octanol–water partition coefficient (Wildman–Crippen LogP) is -0.410. The molecule has 4 N–H and O–H groups in total. The highest BCUT2D eigenvalue weighted by Gasteiger charge is 2.24. The summed E-state index contributed by atoms with van der Waals surface area (Å²) in [4.78, 5) is 11.2. The van der Waals surface area contributed by atoms with E-state index in [2.05, 4.69) is 10.6 Å². The van der Waals surface area contributed by atoms with Crippen LogP contribution in [0.5, 0.6) is 0 Å². The van der Waals surface area contributed by atoms with Crippen LogP contribution in [0, 0.1) is 0 Å². The van der Waals surface area contributed by atoms with E-state index in [1.807, 2.05) is 6.92 Å². The fourth-order valence-electron chi connectivity index (χ4n) is 1.81. The number of hydrogen-bond acceptors (Lipinski definition) is 3. The van der Waals surface area contributed by atoms with E-state index in [0.717, 1.165) is 19.3 Å². The van der Waals surface area contributed by atoms with Crippen LogP contribution < -0.4 is 16.4 Å². The fraction of sp³-hybridized carbons (Fsp3) is 0.889. The molecule has 0 radical (unpaired) electrons. The van der Waals surface area contributed by atoms with E-state index in [4.69, 9.17) is 5.73 Å². The number of hydrogen-bond donors (Lipinski definition) is 3. The van der Waals surface area contributed by atoms with Crippen molar-refractivity contribution in [1.29, 1.82) is 0 Å². The third-order valence-corrected chi connectivity index (χ3v) is 2.60. The fourth-order valence-corrected chi connectivity index (χ4v) is 1.81. The van der Waals surface area contributed by atoms with Gasteiger partial charge in [-0.2, -0.15) is 0 Å². The topological polar surface area (TPSA) is 67.2 Å². The summed E-state index contributed by atoms with van der Waals surface area (Å²) in [5, 5.41) is 5.89. The summed E-state index contributed by atoms with van der Waals surface area (Å²) in [6.07, 6.45) is 3.14. The van der Waals surface area contributed by atoms with Gasteiger partial charge in [-0.25, -0.2) is 0 Å². The third kappa shape index (κ3) is 2.97. The van der Waals surface area contributed by atoms with Gasteiger partial charge in [0.15, 0.2) is 0 Å². The minimum absolute atomic E-state index is 0.0421. The minimum atomic E-state index is -0.111. The molecule has 1 saturated carbocycles. The first-order valence-corrected chi connectivity index (χ1v) is 4.86. The minimum Gasteiger partial charge on any atom is -0.358 e. The summed E-state index contributed by atoms with van der Waals surface area (Å²) in [6, 6.07) is 0.622. The molecule has 4 nitrogen and oxygen atoms in total. The molecule has 1 rings (SSSR count). The van der Waals surface area contributed by atoms with Gasteiger partial charge in [-0.3, -0.25) is 4.79 Å². The number of carbonyl (C=O) groups is 1. The van der Waals surface area contributed by atoms with Gasteiger partial charge in [-0.05, 0) is 26.2 Å². The molecule has 76 valence electrons. The predicted molar refractivity (Wildman–Crippen MR) is 52.3 cm³/mol. The van der Waals surface area contributed by atoms with Crippen molar-refractivity contribution in [2.45, 2.75) is 44.3 Å². The number of carbonyl (C=O) groups excluding carboxylic acids is 1. The number of nitrogens with one attached hydrogen (secondary N) is 2. The van der Waals surface area contributed by atoms with E-state index >= 15 is 0 Å². The van der Waals surface area contributed by atoms with Crippen LogP contribution in [0.2, 0.25) is 0 Å². The van der Waals surface area contributed by atoms with Crippen LogP contribution in [0.15, 0.2) is 0 Å². The van der Waals surface area contributed by atoms with E-state index in [-0.39, 0.29) is 11.9 Å². The maximum atomic E-state index is 11.2. The van der Waals surface area contributed by atoms with Gasteiger partial charge in [-0.15, -0.1) is 0 Å². The van der Waals surface area contributed by atoms with Crippen molar-refractivity contribution >= 4 is 5.91 Å². The molecule has 4 heteroatoms. The molecule has 0 aliphatic heterocycles. The Hall–Kier alpha value is -0.610. The molecular formula is C9H19N3O. The Bertz CT molecular complexity index is 184. The Morgan fingerprint density at radius 3 is 2.69 bits per heavy atom. The van der Waals surface area contributed by atoms with Crippen LogP contribution in [-0.2, 0) is 4.79 Å². The summed E-state index contributed by atoms with van der Waals surface area (Å²) in [6.45, 7) is 1.88. The zero-order valence-corrected chi connectivity index (χ0v) is 8.34. The first-order valence-electron chi connectivity index (χ1n) is 4.86. The molecule has 1 aliphatic carbocycles. The Morgan fingerprint density at radius 1 is 1.54 bits per heavy atom. The highest BCUT2D eigenvalue weighted by Crippen LogP contribution is 2.17. The average molecular weight is 185 g/mol. The van der Waals surface area contributed by atoms with Crippen molar-refractivity contribution in [2.75, 3.05) is 7.05 Å². The van der Waals surface area contributed by atoms with Crippen molar-refractivity contribution in [3.05, 3.63) is 0 Å². The maximum absolute atomic E-state index is 11.2. The summed E-state index contributed by atoms with van der Waals surface area (Å²) >= 11 is 0. The Morgan fingerprint density at radius 2 is 2.23 bits per heavy atom. The second kappa shape index (κ2) is 4.58. The van der Waals surface area contributed by atoms with Crippen LogP contribution in [0.4, 0.5) is 0 Å². The molecule has 13 heavy (non-hydrogen) atoms. The second-order valence-electron chi connectivity index (χ2n) is 3.77. The first kappa shape index (κ1) is 10.5. The highest BCUT2D eigenvalue weighted by molar-refractivity contribution is 5.80. The largest absolute Gasteiger partial charge is 0.358 e. The smallest absolute Gasteiger partial charge is 0.236 e. The summed E-state index contributed by atoms with van der Waals surface area (Å²) in [5.74, 6) is 0.0421. The van der Waals surface area contributed by atoms with Gasteiger partial charge in [0.2, 0.25) is 5.91 Å². The van der Waals surface area contributed by atoms with Gasteiger partial charge < -0.3 is 16.4 Å². The van der Waals surface area contributed by atoms with Crippen LogP contribution in [-0.4, -0.2) is 31.1 Å². The number of likely N-dealkylation sites (N-methyl/N-ethyl adjacent to an activating group) is 1. The normalized spacial score (nSPS) is 30.1. The highest BCUT2D eigenvalue weighted by atomic mass is 16.2. The molecule has 0 aromatic carbocycles. The van der Waals surface area contributed by atoms with Gasteiger partial charge in [0.25, 0.3) is 0 Å². The zero-order valence-electron chi connectivity index (χ0n) is 8.34. The monoisotopic (exact) mass is 185 g/mol. The lowest BCUT2D eigenvalue weighted by Crippen LogP contribution is -2.45. The second-order valence-corrected chi connectivity index (χ2v) is 3.77. The summed E-state index contributed by atoms with van der Waals surface area (Å²) in [5.41, 5.74) is 5.77. The van der Waals surface area contributed by atoms with Crippen molar-refractivity contribution < 1.29 is 4.79 Å². The number of amides is 1. The molecule has 0 saturated heterocycles. The van der Waals surface area contributed by atoms with E-state index in [1.165, 1.54) is 0 Å². The van der Waals surface area contributed by atoms with Gasteiger partial charge in [0.1, 0.15) is 0 Å². The SMILES string of the molecule is CNC(=O)C(C)NC1CCC(N)C1. The quantitative estimate of drug-likeness (QED) is 0.560. The number of rotatable bonds is 3. The van der Waals surface area contributed by atoms with E-state index < -0.39 is 0 Å². The average Bonchev–Trinajstić information content (AvgIpc) is 2.49. The molecule has 0 aromatic heterocycles. The Labute approximate surface area is 79.3 Å². The summed E-state index contributed by atoms with van der Waals surface area (Å²) < 4.78 is 0. The zero-order chi connectivity index (χ0) is 9.84. The van der Waals surface area contributed by atoms with Crippen LogP contribution >= 0.6 is 0 Å². The maximum Gasteiger partial charge on any atom is 0.236 e. The van der Waals surface area contributed by atoms with E-state index in [9.17, 15) is 4.79 Å². The molecule has 0 aromatic rings. The molecule has 3 atom stereocenters. The molecule has 0 spiro atoms. The Balaban J connectivity index is 2.28. The van der Waals surface area contributed by atoms with Crippen molar-refractivity contribution in [1.82, 2.24) is 10.6 Å². The lowest BCUT2D eigenvalue weighted by molar-refractivity contribution is -0.122. The van der Waals surface area contributed by atoms with Gasteiger partial charge in [0.05, 0.1) is 6.04 Å². The van der Waals surface area contributed by atoms with E-state index in [0.29, 0.717) is 12.1 Å². The van der Waals surface area contributed by atoms with Gasteiger partial charge in [-0.1, -0.05) is 0 Å². The summed E-state index contributed by atoms with van der Waals surface area (Å²) in [7, 11) is 1.65. The standard InChI is InChI=1S/C9H19N3O/c1-6(9(13)11-2)12-8-4-3-7(10)5-8/h6-8,12H,3-5,10H2,1-2H3,(H,11,13). The van der Waals surface area contributed by atoms with Crippen molar-refractivity contribution in [3.63, 3.8) is 0 Å². The van der Waals surface area contributed by atoms with Gasteiger partial charge >= 0.3 is 0 Å². The first-order chi connectivity index (χ1) is 6.13. The Kier molecular flexibility index (Phi) is 3.69. The molecular weight excluding hydrogens is 166 g/mol. The van der Waals surface area contributed by atoms with Gasteiger partial charge in [0, 0.05) is 19.1 Å². The van der Waals surface area contributed by atoms with Crippen molar-refractivity contribution in [2.24, 2.45) is 5.73 Å². The molecule has 1 fully saturated rings. The molecule has 3 unspecified atom stereocenters. The number of nitrogens with two attached hydrogens (primary N) is 1. The van der Waals surface area contributed by atoms with Crippen LogP contribution in [0.3, 0.4) is 0 Å². The van der Waals surface area contributed by atoms with Crippen molar-refractivity contribution in [3.8, 4) is 0 Å². The van der Waals surface area contributed by atoms with E-state index in [1.54, 1.807) is 7.05 Å². The third-order valence-electron chi connectivity index (χ3n) is 2.60.